The van der Waals surface area contributed by atoms with Crippen molar-refractivity contribution in [3.63, 3.8) is 0 Å². The van der Waals surface area contributed by atoms with Crippen molar-refractivity contribution in [1.82, 2.24) is 5.32 Å². The Morgan fingerprint density at radius 2 is 2.00 bits per heavy atom. The van der Waals surface area contributed by atoms with Gasteiger partial charge < -0.3 is 20.0 Å². The highest BCUT2D eigenvalue weighted by Crippen LogP contribution is 2.03. The quantitative estimate of drug-likeness (QED) is 0.803. The zero-order valence-corrected chi connectivity index (χ0v) is 10.9. The molecule has 0 aliphatic rings. The fraction of sp³-hybridized carbons (Fsp3) is 0.429. The molecule has 1 rings (SSSR count). The van der Waals surface area contributed by atoms with E-state index >= 15 is 0 Å². The number of alkyl carbamates (subject to hydrolysis) is 1. The number of rotatable bonds is 7. The lowest BCUT2D eigenvalue weighted by Gasteiger charge is -2.19. The third kappa shape index (κ3) is 5.90. The van der Waals surface area contributed by atoms with E-state index in [2.05, 4.69) is 5.32 Å². The Kier molecular flexibility index (Phi) is 6.43. The fourth-order valence-corrected chi connectivity index (χ4v) is 1.56. The summed E-state index contributed by atoms with van der Waals surface area (Å²) in [5.41, 5.74) is 0.844. The molecule has 0 saturated carbocycles. The maximum Gasteiger partial charge on any atom is 0.407 e. The Bertz CT molecular complexity index is 405. The van der Waals surface area contributed by atoms with E-state index in [0.717, 1.165) is 12.0 Å². The number of carboxylic acid groups (broad SMARTS) is 1. The largest absolute Gasteiger partial charge is 0.548 e. The van der Waals surface area contributed by atoms with E-state index in [-0.39, 0.29) is 6.61 Å². The molecule has 5 nitrogen and oxygen atoms in total. The van der Waals surface area contributed by atoms with Gasteiger partial charge in [0.25, 0.3) is 0 Å². The molecular weight excluding hydrogens is 246 g/mol. The second-order valence-corrected chi connectivity index (χ2v) is 4.22. The maximum atomic E-state index is 11.5. The number of hydrogen-bond acceptors (Lipinski definition) is 4. The van der Waals surface area contributed by atoms with E-state index in [1.54, 1.807) is 0 Å². The van der Waals surface area contributed by atoms with Crippen molar-refractivity contribution in [3.05, 3.63) is 35.9 Å². The predicted molar refractivity (Wildman–Crippen MR) is 68.1 cm³/mol. The first-order valence-corrected chi connectivity index (χ1v) is 6.31. The minimum atomic E-state index is -1.29. The average molecular weight is 264 g/mol. The summed E-state index contributed by atoms with van der Waals surface area (Å²) in [6.45, 7) is 2.06. The average Bonchev–Trinajstić information content (AvgIpc) is 2.42. The van der Waals surface area contributed by atoms with Crippen LogP contribution in [0.1, 0.15) is 31.7 Å². The van der Waals surface area contributed by atoms with Gasteiger partial charge in [0.1, 0.15) is 6.61 Å². The number of benzene rings is 1. The summed E-state index contributed by atoms with van der Waals surface area (Å²) in [5.74, 6) is -1.29. The molecule has 104 valence electrons. The molecule has 0 fully saturated rings. The Balaban J connectivity index is 2.38. The van der Waals surface area contributed by atoms with Gasteiger partial charge in [0.05, 0.1) is 12.0 Å². The molecule has 5 heteroatoms. The van der Waals surface area contributed by atoms with Gasteiger partial charge in [0.2, 0.25) is 0 Å². The summed E-state index contributed by atoms with van der Waals surface area (Å²) in [6, 6.07) is 8.17. The van der Waals surface area contributed by atoms with Gasteiger partial charge in [-0.2, -0.15) is 0 Å². The van der Waals surface area contributed by atoms with Crippen molar-refractivity contribution in [2.24, 2.45) is 0 Å². The Labute approximate surface area is 112 Å². The number of nitrogens with one attached hydrogen (secondary N) is 1. The van der Waals surface area contributed by atoms with Crippen molar-refractivity contribution in [1.29, 1.82) is 0 Å². The normalized spacial score (nSPS) is 11.6. The van der Waals surface area contributed by atoms with Crippen molar-refractivity contribution in [2.45, 2.75) is 38.8 Å². The summed E-state index contributed by atoms with van der Waals surface area (Å²) in [7, 11) is 0. The Hall–Kier alpha value is -2.04. The van der Waals surface area contributed by atoms with Crippen molar-refractivity contribution in [2.75, 3.05) is 0 Å². The van der Waals surface area contributed by atoms with E-state index in [1.165, 1.54) is 0 Å². The van der Waals surface area contributed by atoms with Crippen LogP contribution < -0.4 is 10.4 Å². The van der Waals surface area contributed by atoms with Crippen LogP contribution in [0, 0.1) is 0 Å². The van der Waals surface area contributed by atoms with E-state index in [1.807, 2.05) is 37.3 Å². The van der Waals surface area contributed by atoms with Crippen LogP contribution in [0.15, 0.2) is 30.3 Å². The number of ether oxygens (including phenoxy) is 1. The van der Waals surface area contributed by atoms with Crippen LogP contribution in [0.2, 0.25) is 0 Å². The van der Waals surface area contributed by atoms with Gasteiger partial charge in [0, 0.05) is 0 Å². The smallest absolute Gasteiger partial charge is 0.407 e. The topological polar surface area (TPSA) is 78.5 Å². The molecule has 0 radical (unpaired) electrons. The number of amides is 1. The number of carboxylic acids is 1. The van der Waals surface area contributed by atoms with E-state index in [4.69, 9.17) is 4.74 Å². The van der Waals surface area contributed by atoms with Crippen LogP contribution in [-0.4, -0.2) is 18.1 Å². The highest BCUT2D eigenvalue weighted by molar-refractivity contribution is 5.78. The van der Waals surface area contributed by atoms with Crippen LogP contribution in [0.3, 0.4) is 0 Å². The van der Waals surface area contributed by atoms with E-state index in [0.29, 0.717) is 12.8 Å². The SMILES string of the molecule is CCCC[C@H](NC(=O)OCc1ccccc1)C(=O)[O-]. The third-order valence-corrected chi connectivity index (χ3v) is 2.64. The van der Waals surface area contributed by atoms with Crippen molar-refractivity contribution < 1.29 is 19.4 Å². The second kappa shape index (κ2) is 8.13. The zero-order chi connectivity index (χ0) is 14.1. The molecule has 1 aromatic rings. The maximum absolute atomic E-state index is 11.5. The Morgan fingerprint density at radius 3 is 2.58 bits per heavy atom. The number of aliphatic carboxylic acids is 1. The summed E-state index contributed by atoms with van der Waals surface area (Å²) < 4.78 is 4.95. The summed E-state index contributed by atoms with van der Waals surface area (Å²) in [6.07, 6.45) is 1.16. The molecule has 0 aromatic heterocycles. The minimum absolute atomic E-state index is 0.111. The first kappa shape index (κ1) is 15.0. The molecular formula is C14H18NO4-. The standard InChI is InChI=1S/C14H19NO4/c1-2-3-9-12(13(16)17)15-14(18)19-10-11-7-5-4-6-8-11/h4-8,12H,2-3,9-10H2,1H3,(H,15,18)(H,16,17)/p-1/t12-/m0/s1. The lowest BCUT2D eigenvalue weighted by Crippen LogP contribution is -2.47. The van der Waals surface area contributed by atoms with Gasteiger partial charge >= 0.3 is 6.09 Å². The first-order valence-electron chi connectivity index (χ1n) is 6.31. The van der Waals surface area contributed by atoms with Crippen LogP contribution in [0.4, 0.5) is 4.79 Å². The molecule has 0 saturated heterocycles. The molecule has 0 aliphatic heterocycles. The van der Waals surface area contributed by atoms with Gasteiger partial charge in [0.15, 0.2) is 0 Å². The number of unbranched alkanes of at least 4 members (excludes halogenated alkanes) is 1. The van der Waals surface area contributed by atoms with E-state index in [9.17, 15) is 14.7 Å². The van der Waals surface area contributed by atoms with Crippen molar-refractivity contribution in [3.8, 4) is 0 Å². The molecule has 1 atom stereocenters. The molecule has 0 spiro atoms. The zero-order valence-electron chi connectivity index (χ0n) is 10.9. The molecule has 0 heterocycles. The monoisotopic (exact) mass is 264 g/mol. The summed E-state index contributed by atoms with van der Waals surface area (Å²) >= 11 is 0. The lowest BCUT2D eigenvalue weighted by atomic mass is 10.1. The Morgan fingerprint density at radius 1 is 1.32 bits per heavy atom. The minimum Gasteiger partial charge on any atom is -0.548 e. The molecule has 0 bridgehead atoms. The van der Waals surface area contributed by atoms with Gasteiger partial charge in [-0.1, -0.05) is 50.1 Å². The number of carbonyl (C=O) groups is 2. The number of hydrogen-bond donors (Lipinski definition) is 1. The van der Waals surface area contributed by atoms with Gasteiger partial charge in [-0.25, -0.2) is 4.79 Å². The summed E-state index contributed by atoms with van der Waals surface area (Å²) in [4.78, 5) is 22.3. The van der Waals surface area contributed by atoms with Crippen LogP contribution >= 0.6 is 0 Å². The summed E-state index contributed by atoms with van der Waals surface area (Å²) in [5, 5.41) is 13.1. The fourth-order valence-electron chi connectivity index (χ4n) is 1.56. The van der Waals surface area contributed by atoms with Gasteiger partial charge in [-0.15, -0.1) is 0 Å². The lowest BCUT2D eigenvalue weighted by molar-refractivity contribution is -0.308. The molecule has 1 aromatic carbocycles. The predicted octanol–water partition coefficient (Wildman–Crippen LogP) is 1.22. The van der Waals surface area contributed by atoms with Crippen LogP contribution in [0.5, 0.6) is 0 Å². The second-order valence-electron chi connectivity index (χ2n) is 4.22. The molecule has 1 N–H and O–H groups in total. The highest BCUT2D eigenvalue weighted by atomic mass is 16.5. The van der Waals surface area contributed by atoms with Gasteiger partial charge in [-0.05, 0) is 12.0 Å². The third-order valence-electron chi connectivity index (χ3n) is 2.64. The number of carbonyl (C=O) groups excluding carboxylic acids is 2. The van der Waals surface area contributed by atoms with E-state index < -0.39 is 18.1 Å². The highest BCUT2D eigenvalue weighted by Gasteiger charge is 2.13. The van der Waals surface area contributed by atoms with Gasteiger partial charge in [-0.3, -0.25) is 0 Å². The van der Waals surface area contributed by atoms with Crippen LogP contribution in [0.25, 0.3) is 0 Å². The molecule has 0 unspecified atom stereocenters. The molecule has 1 amide bonds. The van der Waals surface area contributed by atoms with Crippen molar-refractivity contribution >= 4 is 12.1 Å². The molecule has 0 aliphatic carbocycles. The first-order chi connectivity index (χ1) is 9.13. The van der Waals surface area contributed by atoms with Crippen LogP contribution in [-0.2, 0) is 16.1 Å². The molecule has 19 heavy (non-hydrogen) atoms.